The van der Waals surface area contributed by atoms with Gasteiger partial charge in [0.1, 0.15) is 5.75 Å². The zero-order valence-corrected chi connectivity index (χ0v) is 10.3. The fraction of sp³-hybridized carbons (Fsp3) is 0.462. The third-order valence-electron chi connectivity index (χ3n) is 3.30. The van der Waals surface area contributed by atoms with E-state index >= 15 is 0 Å². The highest BCUT2D eigenvalue weighted by molar-refractivity contribution is 6.19. The van der Waals surface area contributed by atoms with Crippen molar-refractivity contribution in [1.82, 2.24) is 5.32 Å². The van der Waals surface area contributed by atoms with Gasteiger partial charge in [0, 0.05) is 11.4 Å². The Kier molecular flexibility index (Phi) is 3.57. The van der Waals surface area contributed by atoms with Gasteiger partial charge in [0.15, 0.2) is 0 Å². The largest absolute Gasteiger partial charge is 0.508 e. The van der Waals surface area contributed by atoms with E-state index in [1.54, 1.807) is 18.2 Å². The number of hydrogen-bond donors (Lipinski definition) is 2. The summed E-state index contributed by atoms with van der Waals surface area (Å²) in [7, 11) is 0. The Hall–Kier alpha value is -1.22. The SMILES string of the molecule is O=C(NC1(CCl)CCCC1)c1cccc(O)c1. The highest BCUT2D eigenvalue weighted by Gasteiger charge is 2.34. The minimum atomic E-state index is -0.260. The van der Waals surface area contributed by atoms with Crippen molar-refractivity contribution in [2.24, 2.45) is 0 Å². The lowest BCUT2D eigenvalue weighted by Gasteiger charge is -2.27. The zero-order valence-electron chi connectivity index (χ0n) is 9.58. The number of phenolic OH excluding ortho intramolecular Hbond substituents is 1. The number of alkyl halides is 1. The van der Waals surface area contributed by atoms with Crippen molar-refractivity contribution >= 4 is 17.5 Å². The molecule has 1 amide bonds. The summed E-state index contributed by atoms with van der Waals surface area (Å²) in [5.41, 5.74) is 0.214. The first-order chi connectivity index (χ1) is 8.15. The van der Waals surface area contributed by atoms with Crippen molar-refractivity contribution in [3.05, 3.63) is 29.8 Å². The molecule has 4 heteroatoms. The molecule has 2 rings (SSSR count). The van der Waals surface area contributed by atoms with E-state index in [0.29, 0.717) is 11.4 Å². The van der Waals surface area contributed by atoms with Gasteiger partial charge in [0.2, 0.25) is 0 Å². The Balaban J connectivity index is 2.11. The summed E-state index contributed by atoms with van der Waals surface area (Å²) >= 11 is 5.96. The van der Waals surface area contributed by atoms with Crippen LogP contribution in [0.3, 0.4) is 0 Å². The molecule has 92 valence electrons. The van der Waals surface area contributed by atoms with Crippen LogP contribution in [0.2, 0.25) is 0 Å². The Morgan fingerprint density at radius 2 is 2.12 bits per heavy atom. The summed E-state index contributed by atoms with van der Waals surface area (Å²) in [5, 5.41) is 12.3. The second kappa shape index (κ2) is 4.96. The van der Waals surface area contributed by atoms with Gasteiger partial charge in [-0.3, -0.25) is 4.79 Å². The molecule has 3 nitrogen and oxygen atoms in total. The number of rotatable bonds is 3. The van der Waals surface area contributed by atoms with Crippen molar-refractivity contribution in [2.75, 3.05) is 5.88 Å². The number of carbonyl (C=O) groups is 1. The van der Waals surface area contributed by atoms with Crippen LogP contribution in [0.4, 0.5) is 0 Å². The van der Waals surface area contributed by atoms with Crippen molar-refractivity contribution in [2.45, 2.75) is 31.2 Å². The molecule has 1 aromatic rings. The molecule has 0 aromatic heterocycles. The van der Waals surface area contributed by atoms with E-state index in [2.05, 4.69) is 5.32 Å². The Morgan fingerprint density at radius 1 is 1.41 bits per heavy atom. The predicted octanol–water partition coefficient (Wildman–Crippen LogP) is 2.67. The van der Waals surface area contributed by atoms with E-state index in [9.17, 15) is 9.90 Å². The summed E-state index contributed by atoms with van der Waals surface area (Å²) in [4.78, 5) is 12.0. The monoisotopic (exact) mass is 253 g/mol. The molecule has 17 heavy (non-hydrogen) atoms. The molecule has 0 spiro atoms. The molecule has 0 bridgehead atoms. The zero-order chi connectivity index (χ0) is 12.3. The number of benzene rings is 1. The summed E-state index contributed by atoms with van der Waals surface area (Å²) < 4.78 is 0. The van der Waals surface area contributed by atoms with Gasteiger partial charge in [0.25, 0.3) is 5.91 Å². The van der Waals surface area contributed by atoms with Gasteiger partial charge in [-0.15, -0.1) is 11.6 Å². The minimum absolute atomic E-state index is 0.101. The second-order valence-electron chi connectivity index (χ2n) is 4.63. The van der Waals surface area contributed by atoms with Gasteiger partial charge in [-0.1, -0.05) is 18.9 Å². The number of nitrogens with one attached hydrogen (secondary N) is 1. The minimum Gasteiger partial charge on any atom is -0.508 e. The van der Waals surface area contributed by atoms with Crippen molar-refractivity contribution < 1.29 is 9.90 Å². The van der Waals surface area contributed by atoms with Crippen LogP contribution in [0.1, 0.15) is 36.0 Å². The standard InChI is InChI=1S/C13H16ClNO2/c14-9-13(6-1-2-7-13)15-12(17)10-4-3-5-11(16)8-10/h3-5,8,16H,1-2,6-7,9H2,(H,15,17). The summed E-state index contributed by atoms with van der Waals surface area (Å²) in [5.74, 6) is 0.379. The Morgan fingerprint density at radius 3 is 2.71 bits per heavy atom. The molecule has 0 saturated heterocycles. The maximum atomic E-state index is 12.0. The molecule has 1 aromatic carbocycles. The third-order valence-corrected chi connectivity index (χ3v) is 3.82. The van der Waals surface area contributed by atoms with Crippen molar-refractivity contribution in [3.63, 3.8) is 0 Å². The molecular weight excluding hydrogens is 238 g/mol. The van der Waals surface area contributed by atoms with Crippen LogP contribution in [0.5, 0.6) is 5.75 Å². The van der Waals surface area contributed by atoms with Crippen LogP contribution in [-0.2, 0) is 0 Å². The van der Waals surface area contributed by atoms with E-state index < -0.39 is 0 Å². The van der Waals surface area contributed by atoms with Crippen LogP contribution >= 0.6 is 11.6 Å². The van der Waals surface area contributed by atoms with Gasteiger partial charge < -0.3 is 10.4 Å². The van der Waals surface area contributed by atoms with E-state index in [1.165, 1.54) is 6.07 Å². The Labute approximate surface area is 106 Å². The first-order valence-corrected chi connectivity index (χ1v) is 6.36. The van der Waals surface area contributed by atoms with Crippen LogP contribution < -0.4 is 5.32 Å². The lowest BCUT2D eigenvalue weighted by molar-refractivity contribution is 0.0909. The Bertz CT molecular complexity index is 414. The number of carbonyl (C=O) groups excluding carboxylic acids is 1. The first-order valence-electron chi connectivity index (χ1n) is 5.83. The first kappa shape index (κ1) is 12.2. The van der Waals surface area contributed by atoms with E-state index in [4.69, 9.17) is 11.6 Å². The van der Waals surface area contributed by atoms with E-state index in [0.717, 1.165) is 25.7 Å². The van der Waals surface area contributed by atoms with Crippen LogP contribution in [0.15, 0.2) is 24.3 Å². The van der Waals surface area contributed by atoms with Crippen molar-refractivity contribution in [1.29, 1.82) is 0 Å². The molecule has 1 aliphatic rings. The normalized spacial score (nSPS) is 17.9. The van der Waals surface area contributed by atoms with Gasteiger partial charge in [0.05, 0.1) is 5.54 Å². The molecule has 1 fully saturated rings. The maximum Gasteiger partial charge on any atom is 0.251 e. The third kappa shape index (κ3) is 2.72. The maximum absolute atomic E-state index is 12.0. The summed E-state index contributed by atoms with van der Waals surface area (Å²) in [6.07, 6.45) is 4.07. The highest BCUT2D eigenvalue weighted by atomic mass is 35.5. The van der Waals surface area contributed by atoms with Crippen LogP contribution in [0.25, 0.3) is 0 Å². The van der Waals surface area contributed by atoms with Gasteiger partial charge in [-0.05, 0) is 31.0 Å². The molecule has 0 radical (unpaired) electrons. The number of hydrogen-bond acceptors (Lipinski definition) is 2. The summed E-state index contributed by atoms with van der Waals surface area (Å²) in [6, 6.07) is 6.36. The fourth-order valence-electron chi connectivity index (χ4n) is 2.30. The van der Waals surface area contributed by atoms with Crippen LogP contribution in [0, 0.1) is 0 Å². The smallest absolute Gasteiger partial charge is 0.251 e. The highest BCUT2D eigenvalue weighted by Crippen LogP contribution is 2.31. The quantitative estimate of drug-likeness (QED) is 0.814. The number of halogens is 1. The van der Waals surface area contributed by atoms with Gasteiger partial charge in [-0.25, -0.2) is 0 Å². The molecular formula is C13H16ClNO2. The number of amides is 1. The molecule has 0 heterocycles. The number of phenols is 1. The molecule has 2 N–H and O–H groups in total. The topological polar surface area (TPSA) is 49.3 Å². The number of aromatic hydroxyl groups is 1. The summed E-state index contributed by atoms with van der Waals surface area (Å²) in [6.45, 7) is 0. The van der Waals surface area contributed by atoms with Crippen LogP contribution in [-0.4, -0.2) is 22.4 Å². The molecule has 0 aliphatic heterocycles. The molecule has 0 atom stereocenters. The van der Waals surface area contributed by atoms with E-state index in [-0.39, 0.29) is 17.2 Å². The molecule has 0 unspecified atom stereocenters. The lowest BCUT2D eigenvalue weighted by Crippen LogP contribution is -2.47. The van der Waals surface area contributed by atoms with Gasteiger partial charge in [-0.2, -0.15) is 0 Å². The van der Waals surface area contributed by atoms with Crippen molar-refractivity contribution in [3.8, 4) is 5.75 Å². The average Bonchev–Trinajstić information content (AvgIpc) is 2.78. The average molecular weight is 254 g/mol. The predicted molar refractivity (Wildman–Crippen MR) is 67.5 cm³/mol. The molecule has 1 saturated carbocycles. The fourth-order valence-corrected chi connectivity index (χ4v) is 2.64. The van der Waals surface area contributed by atoms with E-state index in [1.807, 2.05) is 0 Å². The second-order valence-corrected chi connectivity index (χ2v) is 4.89. The molecule has 1 aliphatic carbocycles. The van der Waals surface area contributed by atoms with Gasteiger partial charge >= 0.3 is 0 Å². The lowest BCUT2D eigenvalue weighted by atomic mass is 9.99.